The molecule has 2 nitrogen and oxygen atoms in total. The summed E-state index contributed by atoms with van der Waals surface area (Å²) in [6.45, 7) is 2.52. The molecule has 104 valence electrons. The fourth-order valence-corrected chi connectivity index (χ4v) is 2.45. The Balaban J connectivity index is 2.16. The van der Waals surface area contributed by atoms with Crippen molar-refractivity contribution in [3.63, 3.8) is 0 Å². The van der Waals surface area contributed by atoms with E-state index in [0.29, 0.717) is 12.1 Å². The fourth-order valence-electron chi connectivity index (χ4n) is 1.98. The predicted molar refractivity (Wildman–Crippen MR) is 88.4 cm³/mol. The van der Waals surface area contributed by atoms with Crippen LogP contribution in [-0.4, -0.2) is 17.9 Å². The van der Waals surface area contributed by atoms with E-state index in [4.69, 9.17) is 0 Å². The van der Waals surface area contributed by atoms with Crippen molar-refractivity contribution in [3.05, 3.63) is 63.6 Å². The van der Waals surface area contributed by atoms with E-state index in [2.05, 4.69) is 28.6 Å². The number of thiol groups is 1. The second-order valence-corrected chi connectivity index (χ2v) is 6.22. The van der Waals surface area contributed by atoms with Gasteiger partial charge in [0.1, 0.15) is 0 Å². The zero-order valence-corrected chi connectivity index (χ0v) is 13.9. The molecule has 0 bridgehead atoms. The Bertz CT molecular complexity index is 625. The summed E-state index contributed by atoms with van der Waals surface area (Å²) in [5.41, 5.74) is 2.77. The molecule has 0 spiro atoms. The molecule has 0 aliphatic rings. The number of nitrogens with zero attached hydrogens (tertiary/aromatic N) is 1. The molecule has 4 heteroatoms. The second kappa shape index (κ2) is 6.46. The minimum Gasteiger partial charge on any atom is -0.337 e. The Kier molecular flexibility index (Phi) is 4.89. The van der Waals surface area contributed by atoms with Crippen LogP contribution in [0.1, 0.15) is 21.5 Å². The van der Waals surface area contributed by atoms with E-state index in [1.807, 2.05) is 56.4 Å². The number of carbonyl (C=O) groups is 1. The van der Waals surface area contributed by atoms with Crippen LogP contribution in [-0.2, 0) is 6.54 Å². The number of hydrogen-bond donors (Lipinski definition) is 1. The highest BCUT2D eigenvalue weighted by molar-refractivity contribution is 9.10. The van der Waals surface area contributed by atoms with Gasteiger partial charge in [-0.25, -0.2) is 0 Å². The van der Waals surface area contributed by atoms with Crippen molar-refractivity contribution in [2.24, 2.45) is 0 Å². The molecular formula is C16H16BrNOS. The normalized spacial score (nSPS) is 10.4. The lowest BCUT2D eigenvalue weighted by Gasteiger charge is -2.19. The van der Waals surface area contributed by atoms with Crippen LogP contribution in [0.25, 0.3) is 0 Å². The molecule has 0 unspecified atom stereocenters. The monoisotopic (exact) mass is 349 g/mol. The van der Waals surface area contributed by atoms with Crippen LogP contribution in [0.5, 0.6) is 0 Å². The lowest BCUT2D eigenvalue weighted by Crippen LogP contribution is -2.26. The number of carbonyl (C=O) groups excluding carboxylic acids is 1. The van der Waals surface area contributed by atoms with Crippen LogP contribution < -0.4 is 0 Å². The molecule has 0 heterocycles. The first-order valence-electron chi connectivity index (χ1n) is 6.27. The van der Waals surface area contributed by atoms with E-state index in [1.165, 1.54) is 0 Å². The van der Waals surface area contributed by atoms with Gasteiger partial charge in [0.25, 0.3) is 5.91 Å². The van der Waals surface area contributed by atoms with Crippen LogP contribution in [0.3, 0.4) is 0 Å². The summed E-state index contributed by atoms with van der Waals surface area (Å²) in [6, 6.07) is 13.6. The van der Waals surface area contributed by atoms with Crippen molar-refractivity contribution in [3.8, 4) is 0 Å². The van der Waals surface area contributed by atoms with Gasteiger partial charge in [0.2, 0.25) is 0 Å². The average molecular weight is 350 g/mol. The van der Waals surface area contributed by atoms with Crippen LogP contribution in [0.2, 0.25) is 0 Å². The number of aryl methyl sites for hydroxylation is 1. The maximum atomic E-state index is 12.5. The largest absolute Gasteiger partial charge is 0.337 e. The summed E-state index contributed by atoms with van der Waals surface area (Å²) >= 11 is 7.70. The fraction of sp³-hybridized carbons (Fsp3) is 0.188. The van der Waals surface area contributed by atoms with Crippen LogP contribution in [0.15, 0.2) is 51.8 Å². The number of hydrogen-bond acceptors (Lipinski definition) is 2. The Morgan fingerprint density at radius 3 is 2.50 bits per heavy atom. The molecule has 2 aromatic carbocycles. The van der Waals surface area contributed by atoms with Crippen molar-refractivity contribution in [2.75, 3.05) is 7.05 Å². The lowest BCUT2D eigenvalue weighted by molar-refractivity contribution is 0.0784. The van der Waals surface area contributed by atoms with Gasteiger partial charge in [0.15, 0.2) is 0 Å². The molecule has 2 rings (SSSR count). The Morgan fingerprint density at radius 1 is 1.20 bits per heavy atom. The number of halogens is 1. The van der Waals surface area contributed by atoms with Gasteiger partial charge >= 0.3 is 0 Å². The van der Waals surface area contributed by atoms with Crippen LogP contribution in [0.4, 0.5) is 0 Å². The zero-order valence-electron chi connectivity index (χ0n) is 11.4. The number of amides is 1. The first-order valence-corrected chi connectivity index (χ1v) is 7.51. The third kappa shape index (κ3) is 3.64. The summed E-state index contributed by atoms with van der Waals surface area (Å²) in [7, 11) is 1.81. The molecule has 0 radical (unpaired) electrons. The molecule has 0 atom stereocenters. The first kappa shape index (κ1) is 15.1. The summed E-state index contributed by atoms with van der Waals surface area (Å²) < 4.78 is 1.04. The summed E-state index contributed by atoms with van der Waals surface area (Å²) in [5.74, 6) is 0.0151. The SMILES string of the molecule is Cc1ccc(S)cc1C(=O)N(C)Cc1ccc(Br)cc1. The minimum atomic E-state index is 0.0151. The Morgan fingerprint density at radius 2 is 1.85 bits per heavy atom. The summed E-state index contributed by atoms with van der Waals surface area (Å²) in [4.78, 5) is 15.0. The van der Waals surface area contributed by atoms with Gasteiger partial charge in [0, 0.05) is 28.5 Å². The lowest BCUT2D eigenvalue weighted by atomic mass is 10.1. The van der Waals surface area contributed by atoms with Gasteiger partial charge < -0.3 is 4.90 Å². The maximum absolute atomic E-state index is 12.5. The minimum absolute atomic E-state index is 0.0151. The molecular weight excluding hydrogens is 334 g/mol. The molecule has 0 aromatic heterocycles. The summed E-state index contributed by atoms with van der Waals surface area (Å²) in [6.07, 6.45) is 0. The van der Waals surface area contributed by atoms with E-state index in [1.54, 1.807) is 4.90 Å². The van der Waals surface area contributed by atoms with Crippen molar-refractivity contribution < 1.29 is 4.79 Å². The van der Waals surface area contributed by atoms with Crippen LogP contribution >= 0.6 is 28.6 Å². The maximum Gasteiger partial charge on any atom is 0.254 e. The topological polar surface area (TPSA) is 20.3 Å². The highest BCUT2D eigenvalue weighted by Crippen LogP contribution is 2.17. The molecule has 2 aromatic rings. The molecule has 0 N–H and O–H groups in total. The van der Waals surface area contributed by atoms with Crippen molar-refractivity contribution in [1.82, 2.24) is 4.90 Å². The van der Waals surface area contributed by atoms with Crippen molar-refractivity contribution in [2.45, 2.75) is 18.4 Å². The van der Waals surface area contributed by atoms with E-state index >= 15 is 0 Å². The van der Waals surface area contributed by atoms with Gasteiger partial charge in [-0.15, -0.1) is 12.6 Å². The van der Waals surface area contributed by atoms with Gasteiger partial charge in [-0.3, -0.25) is 4.79 Å². The molecule has 1 amide bonds. The van der Waals surface area contributed by atoms with Crippen molar-refractivity contribution >= 4 is 34.5 Å². The first-order chi connectivity index (χ1) is 9.47. The van der Waals surface area contributed by atoms with Crippen LogP contribution in [0, 0.1) is 6.92 Å². The van der Waals surface area contributed by atoms with E-state index in [9.17, 15) is 4.79 Å². The van der Waals surface area contributed by atoms with E-state index in [-0.39, 0.29) is 5.91 Å². The smallest absolute Gasteiger partial charge is 0.254 e. The average Bonchev–Trinajstić information content (AvgIpc) is 2.43. The molecule has 0 aliphatic heterocycles. The second-order valence-electron chi connectivity index (χ2n) is 4.79. The highest BCUT2D eigenvalue weighted by atomic mass is 79.9. The number of rotatable bonds is 3. The predicted octanol–water partition coefficient (Wildman–Crippen LogP) is 4.32. The van der Waals surface area contributed by atoms with Crippen molar-refractivity contribution in [1.29, 1.82) is 0 Å². The molecule has 0 fully saturated rings. The quantitative estimate of drug-likeness (QED) is 0.818. The molecule has 0 aliphatic carbocycles. The van der Waals surface area contributed by atoms with Gasteiger partial charge in [-0.2, -0.15) is 0 Å². The van der Waals surface area contributed by atoms with Gasteiger partial charge in [-0.1, -0.05) is 34.1 Å². The summed E-state index contributed by atoms with van der Waals surface area (Å²) in [5, 5.41) is 0. The molecule has 20 heavy (non-hydrogen) atoms. The third-order valence-electron chi connectivity index (χ3n) is 3.13. The van der Waals surface area contributed by atoms with E-state index < -0.39 is 0 Å². The third-order valence-corrected chi connectivity index (χ3v) is 3.94. The molecule has 0 saturated heterocycles. The van der Waals surface area contributed by atoms with Gasteiger partial charge in [-0.05, 0) is 42.3 Å². The zero-order chi connectivity index (χ0) is 14.7. The highest BCUT2D eigenvalue weighted by Gasteiger charge is 2.14. The van der Waals surface area contributed by atoms with E-state index in [0.717, 1.165) is 20.5 Å². The number of benzene rings is 2. The standard InChI is InChI=1S/C16H16BrNOS/c1-11-3-8-14(20)9-15(11)16(19)18(2)10-12-4-6-13(17)7-5-12/h3-9,20H,10H2,1-2H3. The Hall–Kier alpha value is -1.26. The van der Waals surface area contributed by atoms with Gasteiger partial charge in [0.05, 0.1) is 0 Å². The molecule has 0 saturated carbocycles. The Labute approximate surface area is 133 Å².